The SMILES string of the molecule is CC/C=C\C/C=C\C/C=C\C/C=C\C/C=C\C/C=C\C/C=C\C/C=C\C/C=C\C/C=C\CCCCCCCCCCCCC(=O)NC(COP(=O)([O-])OCC[N+](C)(C)C)C(O)/C=C/CC/C=C/CCCCCCCCCCCCCCCCCCCCCCCCC. The number of aliphatic hydroxyl groups is 1. The Morgan fingerprint density at radius 2 is 0.674 bits per heavy atom. The molecule has 1 amide bonds. The molecule has 0 aliphatic rings. The van der Waals surface area contributed by atoms with Gasteiger partial charge in [0.25, 0.3) is 7.82 Å². The molecule has 0 aromatic heterocycles. The summed E-state index contributed by atoms with van der Waals surface area (Å²) in [5, 5.41) is 14.0. The zero-order valence-electron chi connectivity index (χ0n) is 60.5. The molecule has 528 valence electrons. The molecular weight excluding hydrogens is 1150 g/mol. The molecule has 0 fully saturated rings. The zero-order valence-corrected chi connectivity index (χ0v) is 61.4. The molecule has 0 bridgehead atoms. The highest BCUT2D eigenvalue weighted by Gasteiger charge is 2.23. The minimum Gasteiger partial charge on any atom is -0.756 e. The van der Waals surface area contributed by atoms with Gasteiger partial charge in [-0.25, -0.2) is 0 Å². The van der Waals surface area contributed by atoms with Crippen molar-refractivity contribution in [1.29, 1.82) is 0 Å². The molecular formula is C83H145N2O6P. The zero-order chi connectivity index (χ0) is 66.9. The Kier molecular flexibility index (Phi) is 68.8. The average Bonchev–Trinajstić information content (AvgIpc) is 2.63. The summed E-state index contributed by atoms with van der Waals surface area (Å²) in [6.45, 7) is 4.53. The summed E-state index contributed by atoms with van der Waals surface area (Å²) in [5.74, 6) is -0.214. The number of phosphoric acid groups is 1. The summed E-state index contributed by atoms with van der Waals surface area (Å²) in [5.41, 5.74) is 0. The average molecular weight is 1300 g/mol. The maximum Gasteiger partial charge on any atom is 0.268 e. The van der Waals surface area contributed by atoms with Gasteiger partial charge in [0.15, 0.2) is 0 Å². The molecule has 0 radical (unpaired) electrons. The number of phosphoric ester groups is 1. The number of hydrogen-bond donors (Lipinski definition) is 2. The van der Waals surface area contributed by atoms with E-state index in [2.05, 4.69) is 153 Å². The van der Waals surface area contributed by atoms with E-state index in [9.17, 15) is 19.4 Å². The van der Waals surface area contributed by atoms with Crippen molar-refractivity contribution in [1.82, 2.24) is 5.32 Å². The van der Waals surface area contributed by atoms with Gasteiger partial charge in [-0.2, -0.15) is 0 Å². The number of carbonyl (C=O) groups excluding carboxylic acids is 1. The van der Waals surface area contributed by atoms with Gasteiger partial charge in [0.05, 0.1) is 39.9 Å². The van der Waals surface area contributed by atoms with Crippen LogP contribution in [0.2, 0.25) is 0 Å². The molecule has 0 saturated carbocycles. The molecule has 3 unspecified atom stereocenters. The summed E-state index contributed by atoms with van der Waals surface area (Å²) in [6, 6.07) is -0.918. The van der Waals surface area contributed by atoms with E-state index in [0.29, 0.717) is 17.4 Å². The second kappa shape index (κ2) is 71.7. The fourth-order valence-corrected chi connectivity index (χ4v) is 11.4. The third kappa shape index (κ3) is 73.8. The van der Waals surface area contributed by atoms with E-state index in [1.807, 2.05) is 27.2 Å². The first-order valence-electron chi connectivity index (χ1n) is 38.2. The number of nitrogens with zero attached hydrogens (tertiary/aromatic N) is 1. The van der Waals surface area contributed by atoms with Crippen LogP contribution in [0.1, 0.15) is 322 Å². The Bertz CT molecular complexity index is 2020. The number of nitrogens with one attached hydrogen (secondary N) is 1. The smallest absolute Gasteiger partial charge is 0.268 e. The van der Waals surface area contributed by atoms with Gasteiger partial charge in [0.2, 0.25) is 5.91 Å². The number of amides is 1. The summed E-state index contributed by atoms with van der Waals surface area (Å²) >= 11 is 0. The number of carbonyl (C=O) groups is 1. The van der Waals surface area contributed by atoms with Crippen LogP contribution >= 0.6 is 7.82 Å². The second-order valence-corrected chi connectivity index (χ2v) is 28.0. The van der Waals surface area contributed by atoms with Gasteiger partial charge in [0.1, 0.15) is 13.2 Å². The van der Waals surface area contributed by atoms with Crippen LogP contribution in [0.15, 0.2) is 146 Å². The summed E-state index contributed by atoms with van der Waals surface area (Å²) in [4.78, 5) is 25.7. The van der Waals surface area contributed by atoms with Crippen LogP contribution < -0.4 is 10.2 Å². The number of allylic oxidation sites excluding steroid dienone is 23. The van der Waals surface area contributed by atoms with E-state index in [-0.39, 0.29) is 12.5 Å². The van der Waals surface area contributed by atoms with Crippen LogP contribution in [-0.4, -0.2) is 68.5 Å². The summed E-state index contributed by atoms with van der Waals surface area (Å²) in [7, 11) is 1.23. The van der Waals surface area contributed by atoms with Crippen LogP contribution in [0.3, 0.4) is 0 Å². The number of unbranched alkanes of at least 4 members (excludes halogenated alkanes) is 34. The molecule has 0 saturated heterocycles. The van der Waals surface area contributed by atoms with Crippen LogP contribution in [0.5, 0.6) is 0 Å². The highest BCUT2D eigenvalue weighted by Crippen LogP contribution is 2.38. The number of quaternary nitrogens is 1. The largest absolute Gasteiger partial charge is 0.756 e. The number of rotatable bonds is 69. The maximum atomic E-state index is 13.1. The molecule has 0 aromatic carbocycles. The Morgan fingerprint density at radius 3 is 1.01 bits per heavy atom. The highest BCUT2D eigenvalue weighted by molar-refractivity contribution is 7.45. The van der Waals surface area contributed by atoms with E-state index < -0.39 is 26.6 Å². The first kappa shape index (κ1) is 88.4. The number of likely N-dealkylation sites (N-methyl/N-ethyl adjacent to an activating group) is 1. The van der Waals surface area contributed by atoms with Gasteiger partial charge >= 0.3 is 0 Å². The predicted octanol–water partition coefficient (Wildman–Crippen LogP) is 24.5. The molecule has 92 heavy (non-hydrogen) atoms. The third-order valence-corrected chi connectivity index (χ3v) is 17.5. The van der Waals surface area contributed by atoms with Crippen molar-refractivity contribution >= 4 is 13.7 Å². The molecule has 9 heteroatoms. The lowest BCUT2D eigenvalue weighted by atomic mass is 10.0. The Morgan fingerprint density at radius 1 is 0.391 bits per heavy atom. The summed E-state index contributed by atoms with van der Waals surface area (Å²) < 4.78 is 23.5. The minimum atomic E-state index is -4.63. The van der Waals surface area contributed by atoms with Crippen LogP contribution in [0.4, 0.5) is 0 Å². The fourth-order valence-electron chi connectivity index (χ4n) is 10.7. The lowest BCUT2D eigenvalue weighted by Gasteiger charge is -2.29. The summed E-state index contributed by atoms with van der Waals surface area (Å²) in [6.07, 6.45) is 110. The van der Waals surface area contributed by atoms with Crippen molar-refractivity contribution in [2.75, 3.05) is 40.9 Å². The topological polar surface area (TPSA) is 108 Å². The lowest BCUT2D eigenvalue weighted by molar-refractivity contribution is -0.870. The van der Waals surface area contributed by atoms with Gasteiger partial charge in [-0.15, -0.1) is 0 Å². The van der Waals surface area contributed by atoms with Crippen LogP contribution in [0.25, 0.3) is 0 Å². The van der Waals surface area contributed by atoms with Crippen molar-refractivity contribution in [3.63, 3.8) is 0 Å². The molecule has 0 aliphatic heterocycles. The van der Waals surface area contributed by atoms with Crippen molar-refractivity contribution in [3.8, 4) is 0 Å². The lowest BCUT2D eigenvalue weighted by Crippen LogP contribution is -2.45. The van der Waals surface area contributed by atoms with Gasteiger partial charge < -0.3 is 28.8 Å². The fraction of sp³-hybridized carbons (Fsp3) is 0.699. The molecule has 0 aromatic rings. The monoisotopic (exact) mass is 1300 g/mol. The van der Waals surface area contributed by atoms with E-state index in [4.69, 9.17) is 9.05 Å². The Balaban J connectivity index is 4.12. The first-order chi connectivity index (χ1) is 45.0. The van der Waals surface area contributed by atoms with Gasteiger partial charge in [0, 0.05) is 6.42 Å². The second-order valence-electron chi connectivity index (χ2n) is 26.6. The molecule has 8 nitrogen and oxygen atoms in total. The quantitative estimate of drug-likeness (QED) is 0.0272. The van der Waals surface area contributed by atoms with Crippen LogP contribution in [0, 0.1) is 0 Å². The van der Waals surface area contributed by atoms with E-state index in [1.165, 1.54) is 186 Å². The molecule has 0 rings (SSSR count). The molecule has 0 heterocycles. The first-order valence-corrected chi connectivity index (χ1v) is 39.7. The number of aliphatic hydroxyl groups excluding tert-OH is 1. The highest BCUT2D eigenvalue weighted by atomic mass is 31.2. The Hall–Kier alpha value is -3.62. The van der Waals surface area contributed by atoms with Crippen molar-refractivity contribution in [3.05, 3.63) is 146 Å². The molecule has 3 atom stereocenters. The van der Waals surface area contributed by atoms with E-state index >= 15 is 0 Å². The Labute approximate surface area is 569 Å². The predicted molar refractivity (Wildman–Crippen MR) is 403 cm³/mol. The van der Waals surface area contributed by atoms with Crippen LogP contribution in [-0.2, 0) is 18.4 Å². The third-order valence-electron chi connectivity index (χ3n) is 16.5. The van der Waals surface area contributed by atoms with Crippen molar-refractivity contribution < 1.29 is 32.9 Å². The van der Waals surface area contributed by atoms with Gasteiger partial charge in [-0.3, -0.25) is 9.36 Å². The standard InChI is InChI=1S/C83H145N2O6P/c1-6-8-10-12-14-16-18-20-22-24-26-28-30-32-34-36-37-38-39-40-41-42-43-44-45-46-47-49-51-53-55-57-59-61-63-65-67-69-71-73-75-77-83(87)84-81(80-91-92(88,89)90-79-78-85(3,4)5)82(86)76-74-72-70-68-66-64-62-60-58-56-54-52-50-48-35-33-31-29-27-25-23-21-19-17-15-13-11-9-7-2/h8,10,14,16,20,22,26,28,32,34,37-38,40-41,43-44,46-47,51,53,66,68,74,76,81-82,86H,6-7,9,11-13,15,17-19,21,23-25,27,29-31,33,35-36,39,42,45,48-50,52,54-65,67,69-73,75,77-80H2,1-5H3,(H-,84,87,88,89)/b10-8-,16-14-,22-20-,28-26-,34-32-,38-37-,41-40-,44-43-,47-46-,53-51-,68-66+,76-74+. The minimum absolute atomic E-state index is 0.0132. The molecule has 0 aliphatic carbocycles. The van der Waals surface area contributed by atoms with Crippen molar-refractivity contribution in [2.24, 2.45) is 0 Å². The normalized spacial score (nSPS) is 14.4. The van der Waals surface area contributed by atoms with E-state index in [0.717, 1.165) is 116 Å². The molecule has 0 spiro atoms. The van der Waals surface area contributed by atoms with E-state index in [1.54, 1.807) is 6.08 Å². The van der Waals surface area contributed by atoms with Gasteiger partial charge in [-0.05, 0) is 109 Å². The van der Waals surface area contributed by atoms with Gasteiger partial charge in [-0.1, -0.05) is 352 Å². The number of hydrogen-bond acceptors (Lipinski definition) is 6. The molecule has 2 N–H and O–H groups in total. The maximum absolute atomic E-state index is 13.1. The van der Waals surface area contributed by atoms with Crippen molar-refractivity contribution in [2.45, 2.75) is 334 Å².